The number of carbonyl (C=O) groups is 2. The van der Waals surface area contributed by atoms with E-state index in [0.29, 0.717) is 0 Å². The first-order valence-corrected chi connectivity index (χ1v) is 6.99. The van der Waals surface area contributed by atoms with Crippen LogP contribution >= 0.6 is 11.8 Å². The largest absolute Gasteiger partial charge is 0.465 e. The first-order valence-electron chi connectivity index (χ1n) is 5.77. The number of methoxy groups -OCH3 is 1. The van der Waals surface area contributed by atoms with Crippen molar-refractivity contribution < 1.29 is 19.2 Å². The van der Waals surface area contributed by atoms with E-state index in [1.165, 1.54) is 24.3 Å². The highest BCUT2D eigenvalue weighted by Gasteiger charge is 2.18. The lowest BCUT2D eigenvalue weighted by atomic mass is 10.2. The molecule has 0 aromatic heterocycles. The molecule has 114 valence electrons. The smallest absolute Gasteiger partial charge is 0.351 e. The van der Waals surface area contributed by atoms with Gasteiger partial charge in [-0.15, -0.1) is 11.8 Å². The fourth-order valence-electron chi connectivity index (χ4n) is 1.42. The highest BCUT2D eigenvalue weighted by atomic mass is 32.2. The Hall–Kier alpha value is -2.86. The summed E-state index contributed by atoms with van der Waals surface area (Å²) in [7, 11) is 1.12. The molecule has 0 heterocycles. The number of hydrogen-bond acceptors (Lipinski definition) is 7. The van der Waals surface area contributed by atoms with E-state index in [4.69, 9.17) is 5.26 Å². The molecular weight excluding hydrogens is 310 g/mol. The Balaban J connectivity index is 3.03. The van der Waals surface area contributed by atoms with Crippen LogP contribution in [0.2, 0.25) is 0 Å². The minimum atomic E-state index is -0.865. The number of esters is 1. The average molecular weight is 321 g/mol. The number of nitriles is 1. The maximum Gasteiger partial charge on any atom is 0.351 e. The quantitative estimate of drug-likeness (QED) is 0.287. The molecule has 0 radical (unpaired) electrons. The van der Waals surface area contributed by atoms with Gasteiger partial charge < -0.3 is 10.1 Å². The molecule has 1 N–H and O–H groups in total. The van der Waals surface area contributed by atoms with Gasteiger partial charge in [-0.25, -0.2) is 4.79 Å². The second-order valence-corrected chi connectivity index (χ2v) is 4.59. The van der Waals surface area contributed by atoms with Crippen LogP contribution in [0.5, 0.6) is 0 Å². The number of benzene rings is 1. The Kier molecular flexibility index (Phi) is 6.09. The normalized spacial score (nSPS) is 11.0. The van der Waals surface area contributed by atoms with Gasteiger partial charge in [0, 0.05) is 17.7 Å². The summed E-state index contributed by atoms with van der Waals surface area (Å²) in [5.74, 6) is -1.47. The maximum absolute atomic E-state index is 12.0. The number of carbonyl (C=O) groups excluding carboxylic acids is 2. The third-order valence-corrected chi connectivity index (χ3v) is 3.21. The van der Waals surface area contributed by atoms with E-state index in [0.717, 1.165) is 18.9 Å². The third kappa shape index (κ3) is 4.07. The van der Waals surface area contributed by atoms with Crippen molar-refractivity contribution in [3.8, 4) is 6.07 Å². The van der Waals surface area contributed by atoms with Crippen molar-refractivity contribution in [1.82, 2.24) is 5.32 Å². The predicted octanol–water partition coefficient (Wildman–Crippen LogP) is 1.60. The number of ether oxygens (including phenoxy) is 1. The Morgan fingerprint density at radius 2 is 1.95 bits per heavy atom. The number of nitrogens with one attached hydrogen (secondary N) is 1. The van der Waals surface area contributed by atoms with E-state index in [9.17, 15) is 19.7 Å². The number of rotatable bonds is 5. The molecule has 8 nitrogen and oxygen atoms in total. The van der Waals surface area contributed by atoms with Crippen molar-refractivity contribution >= 4 is 29.3 Å². The van der Waals surface area contributed by atoms with Gasteiger partial charge in [-0.05, 0) is 18.4 Å². The first-order chi connectivity index (χ1) is 10.4. The van der Waals surface area contributed by atoms with Crippen LogP contribution in [0, 0.1) is 21.4 Å². The second kappa shape index (κ2) is 7.80. The molecular formula is C13H11N3O5S. The van der Waals surface area contributed by atoms with Crippen molar-refractivity contribution in [2.45, 2.75) is 0 Å². The number of nitrogens with zero attached hydrogens (tertiary/aromatic N) is 2. The van der Waals surface area contributed by atoms with Crippen molar-refractivity contribution in [1.29, 1.82) is 5.26 Å². The fourth-order valence-corrected chi connectivity index (χ4v) is 1.94. The molecule has 22 heavy (non-hydrogen) atoms. The van der Waals surface area contributed by atoms with E-state index in [1.54, 1.807) is 12.3 Å². The molecule has 9 heteroatoms. The topological polar surface area (TPSA) is 122 Å². The van der Waals surface area contributed by atoms with E-state index >= 15 is 0 Å². The standard InChI is InChI=1S/C13H11N3O5S/c1-21-13(18)10(7-14)12(22-2)15-11(17)8-3-5-9(6-4-8)16(19)20/h3-6H,1-2H3,(H,15,17)/b12-10-. The molecule has 0 aliphatic heterocycles. The van der Waals surface area contributed by atoms with Gasteiger partial charge in [-0.1, -0.05) is 0 Å². The number of non-ortho nitro benzene ring substituents is 1. The minimum Gasteiger partial charge on any atom is -0.465 e. The van der Waals surface area contributed by atoms with Crippen LogP contribution in [0.15, 0.2) is 34.9 Å². The van der Waals surface area contributed by atoms with Crippen molar-refractivity contribution in [2.75, 3.05) is 13.4 Å². The van der Waals surface area contributed by atoms with Crippen molar-refractivity contribution in [2.24, 2.45) is 0 Å². The number of nitro benzene ring substituents is 1. The van der Waals surface area contributed by atoms with Crippen molar-refractivity contribution in [3.05, 3.63) is 50.5 Å². The first kappa shape index (κ1) is 17.2. The van der Waals surface area contributed by atoms with Gasteiger partial charge in [0.05, 0.1) is 12.0 Å². The molecule has 0 aliphatic rings. The summed E-state index contributed by atoms with van der Waals surface area (Å²) < 4.78 is 4.46. The summed E-state index contributed by atoms with van der Waals surface area (Å²) >= 11 is 0.993. The van der Waals surface area contributed by atoms with Gasteiger partial charge in [0.2, 0.25) is 0 Å². The minimum absolute atomic E-state index is 0.0395. The van der Waals surface area contributed by atoms with Gasteiger partial charge in [0.1, 0.15) is 11.1 Å². The lowest BCUT2D eigenvalue weighted by Gasteiger charge is -2.09. The molecule has 1 amide bonds. The van der Waals surface area contributed by atoms with Crippen LogP contribution in [0.25, 0.3) is 0 Å². The average Bonchev–Trinajstić information content (AvgIpc) is 2.53. The molecule has 0 unspecified atom stereocenters. The van der Waals surface area contributed by atoms with Gasteiger partial charge in [-0.2, -0.15) is 5.26 Å². The van der Waals surface area contributed by atoms with Gasteiger partial charge >= 0.3 is 5.97 Å². The molecule has 1 aromatic rings. The van der Waals surface area contributed by atoms with Crippen LogP contribution in [0.3, 0.4) is 0 Å². The maximum atomic E-state index is 12.0. The van der Waals surface area contributed by atoms with Gasteiger partial charge in [0.15, 0.2) is 5.57 Å². The molecule has 0 aliphatic carbocycles. The van der Waals surface area contributed by atoms with Crippen LogP contribution in [-0.4, -0.2) is 30.2 Å². The van der Waals surface area contributed by atoms with Gasteiger partial charge in [-0.3, -0.25) is 14.9 Å². The summed E-state index contributed by atoms with van der Waals surface area (Å²) in [6.07, 6.45) is 1.58. The number of thioether (sulfide) groups is 1. The molecule has 1 aromatic carbocycles. The lowest BCUT2D eigenvalue weighted by molar-refractivity contribution is -0.384. The fraction of sp³-hybridized carbons (Fsp3) is 0.154. The molecule has 1 rings (SSSR count). The Labute approximate surface area is 129 Å². The summed E-state index contributed by atoms with van der Waals surface area (Å²) in [5, 5.41) is 22.0. The van der Waals surface area contributed by atoms with Gasteiger partial charge in [0.25, 0.3) is 11.6 Å². The Morgan fingerprint density at radius 3 is 2.36 bits per heavy atom. The number of nitro groups is 1. The number of hydrogen-bond donors (Lipinski definition) is 1. The summed E-state index contributed by atoms with van der Waals surface area (Å²) in [5.41, 5.74) is -0.325. The Bertz CT molecular complexity index is 676. The zero-order valence-corrected chi connectivity index (χ0v) is 12.5. The zero-order chi connectivity index (χ0) is 16.7. The molecule has 0 saturated heterocycles. The lowest BCUT2D eigenvalue weighted by Crippen LogP contribution is -2.24. The number of amides is 1. The molecule has 0 bridgehead atoms. The van der Waals surface area contributed by atoms with Crippen LogP contribution in [0.4, 0.5) is 5.69 Å². The summed E-state index contributed by atoms with van der Waals surface area (Å²) in [6.45, 7) is 0. The highest BCUT2D eigenvalue weighted by molar-refractivity contribution is 8.02. The van der Waals surface area contributed by atoms with E-state index in [2.05, 4.69) is 10.1 Å². The Morgan fingerprint density at radius 1 is 1.36 bits per heavy atom. The van der Waals surface area contributed by atoms with Crippen LogP contribution < -0.4 is 5.32 Å². The zero-order valence-electron chi connectivity index (χ0n) is 11.7. The summed E-state index contributed by atoms with van der Waals surface area (Å²) in [6, 6.07) is 6.58. The van der Waals surface area contributed by atoms with E-state index < -0.39 is 16.8 Å². The predicted molar refractivity (Wildman–Crippen MR) is 78.7 cm³/mol. The molecule has 0 atom stereocenters. The SMILES string of the molecule is COC(=O)/C(C#N)=C(/NC(=O)c1ccc([N+](=O)[O-])cc1)SC. The highest BCUT2D eigenvalue weighted by Crippen LogP contribution is 2.17. The molecule has 0 spiro atoms. The van der Waals surface area contributed by atoms with E-state index in [1.807, 2.05) is 0 Å². The monoisotopic (exact) mass is 321 g/mol. The van der Waals surface area contributed by atoms with Crippen molar-refractivity contribution in [3.63, 3.8) is 0 Å². The summed E-state index contributed by atoms with van der Waals surface area (Å²) in [4.78, 5) is 33.4. The molecule has 0 fully saturated rings. The third-order valence-electron chi connectivity index (χ3n) is 2.50. The van der Waals surface area contributed by atoms with Crippen LogP contribution in [-0.2, 0) is 9.53 Å². The molecule has 0 saturated carbocycles. The van der Waals surface area contributed by atoms with E-state index in [-0.39, 0.29) is 21.9 Å². The van der Waals surface area contributed by atoms with Crippen LogP contribution in [0.1, 0.15) is 10.4 Å². The second-order valence-electron chi connectivity index (χ2n) is 3.77.